The molecule has 1 aromatic heterocycles. The Hall–Kier alpha value is -2.99. The molecule has 148 valence electrons. The largest absolute Gasteiger partial charge is 0.345 e. The predicted molar refractivity (Wildman–Crippen MR) is 109 cm³/mol. The molecule has 2 aliphatic heterocycles. The lowest BCUT2D eigenvalue weighted by molar-refractivity contribution is 0.0768. The molecule has 0 saturated carbocycles. The number of H-pyrrole nitrogens is 1. The molecule has 1 amide bonds. The first-order valence-electron chi connectivity index (χ1n) is 9.95. The highest BCUT2D eigenvalue weighted by molar-refractivity contribution is 6.00. The van der Waals surface area contributed by atoms with Crippen LogP contribution in [0.3, 0.4) is 0 Å². The maximum absolute atomic E-state index is 13.8. The zero-order valence-electron chi connectivity index (χ0n) is 16.3. The minimum atomic E-state index is -0.211. The second kappa shape index (κ2) is 7.12. The van der Waals surface area contributed by atoms with Gasteiger partial charge < -0.3 is 9.88 Å². The van der Waals surface area contributed by atoms with E-state index in [0.717, 1.165) is 24.2 Å². The Bertz CT molecular complexity index is 1030. The predicted octanol–water partition coefficient (Wildman–Crippen LogP) is 3.59. The average molecular weight is 390 g/mol. The van der Waals surface area contributed by atoms with E-state index in [2.05, 4.69) is 21.9 Å². The van der Waals surface area contributed by atoms with Gasteiger partial charge in [-0.2, -0.15) is 0 Å². The molecule has 0 bridgehead atoms. The summed E-state index contributed by atoms with van der Waals surface area (Å²) in [6, 6.07) is 14.6. The van der Waals surface area contributed by atoms with Gasteiger partial charge in [0.05, 0.1) is 5.56 Å². The number of aromatic nitrogens is 2. The zero-order valence-corrected chi connectivity index (χ0v) is 16.3. The second-order valence-corrected chi connectivity index (χ2v) is 8.06. The molecule has 2 aliphatic rings. The lowest BCUT2D eigenvalue weighted by Gasteiger charge is -2.27. The van der Waals surface area contributed by atoms with Gasteiger partial charge in [-0.3, -0.25) is 9.69 Å². The molecule has 0 spiro atoms. The number of carbonyl (C=O) groups excluding carboxylic acids is 1. The summed E-state index contributed by atoms with van der Waals surface area (Å²) >= 11 is 0. The number of aromatic amines is 1. The van der Waals surface area contributed by atoms with Crippen LogP contribution in [0.1, 0.15) is 22.0 Å². The van der Waals surface area contributed by atoms with Gasteiger partial charge in [-0.25, -0.2) is 9.37 Å². The normalized spacial score (nSPS) is 24.1. The molecule has 3 aromatic rings. The smallest absolute Gasteiger partial charge is 0.254 e. The topological polar surface area (TPSA) is 52.2 Å². The van der Waals surface area contributed by atoms with Crippen LogP contribution in [0.4, 0.5) is 4.39 Å². The van der Waals surface area contributed by atoms with Gasteiger partial charge in [0, 0.05) is 49.6 Å². The molecule has 3 heterocycles. The summed E-state index contributed by atoms with van der Waals surface area (Å²) in [5, 5.41) is 0. The number of carbonyl (C=O) groups is 1. The van der Waals surface area contributed by atoms with Crippen molar-refractivity contribution in [2.75, 3.05) is 26.7 Å². The molecule has 0 radical (unpaired) electrons. The number of nitrogens with zero attached hydrogens (tertiary/aromatic N) is 3. The molecule has 2 aromatic carbocycles. The number of likely N-dealkylation sites (tertiary alicyclic amines) is 2. The lowest BCUT2D eigenvalue weighted by Crippen LogP contribution is -2.33. The summed E-state index contributed by atoms with van der Waals surface area (Å²) in [6.45, 7) is 2.32. The van der Waals surface area contributed by atoms with Crippen molar-refractivity contribution in [3.05, 3.63) is 77.9 Å². The number of rotatable bonds is 3. The Morgan fingerprint density at radius 3 is 2.79 bits per heavy atom. The van der Waals surface area contributed by atoms with Crippen LogP contribution in [0.15, 0.2) is 60.9 Å². The van der Waals surface area contributed by atoms with E-state index < -0.39 is 0 Å². The first kappa shape index (κ1) is 18.1. The van der Waals surface area contributed by atoms with Gasteiger partial charge in [-0.15, -0.1) is 0 Å². The Morgan fingerprint density at radius 1 is 1.14 bits per heavy atom. The molecule has 5 rings (SSSR count). The molecule has 29 heavy (non-hydrogen) atoms. The van der Waals surface area contributed by atoms with Gasteiger partial charge in [-0.05, 0) is 36.7 Å². The average Bonchev–Trinajstić information content (AvgIpc) is 3.43. The van der Waals surface area contributed by atoms with Crippen molar-refractivity contribution >= 4 is 5.91 Å². The molecule has 3 atom stereocenters. The summed E-state index contributed by atoms with van der Waals surface area (Å²) < 4.78 is 13.8. The van der Waals surface area contributed by atoms with E-state index >= 15 is 0 Å². The standard InChI is InChI=1S/C23H23FN4O/c1-27-12-16-13-28(14-20(16)21(27)15-5-4-6-17(24)11-15)23(29)19-8-3-2-7-18(19)22-25-9-10-26-22/h2-11,16,20-21H,12-14H2,1H3,(H,25,26)/t16-,20+,21-/m0/s1. The van der Waals surface area contributed by atoms with Crippen molar-refractivity contribution in [3.63, 3.8) is 0 Å². The third kappa shape index (κ3) is 3.13. The first-order chi connectivity index (χ1) is 14.1. The van der Waals surface area contributed by atoms with Crippen molar-refractivity contribution < 1.29 is 9.18 Å². The van der Waals surface area contributed by atoms with E-state index in [9.17, 15) is 9.18 Å². The summed E-state index contributed by atoms with van der Waals surface area (Å²) in [6.07, 6.45) is 3.45. The number of amides is 1. The van der Waals surface area contributed by atoms with E-state index in [1.807, 2.05) is 35.2 Å². The summed E-state index contributed by atoms with van der Waals surface area (Å²) in [5.74, 6) is 1.23. The molecule has 5 nitrogen and oxygen atoms in total. The van der Waals surface area contributed by atoms with Crippen molar-refractivity contribution in [1.82, 2.24) is 19.8 Å². The quantitative estimate of drug-likeness (QED) is 0.744. The molecule has 0 aliphatic carbocycles. The van der Waals surface area contributed by atoms with E-state index in [1.54, 1.807) is 24.5 Å². The number of imidazole rings is 1. The fourth-order valence-corrected chi connectivity index (χ4v) is 5.07. The third-order valence-corrected chi connectivity index (χ3v) is 6.28. The van der Waals surface area contributed by atoms with Gasteiger partial charge in [0.25, 0.3) is 5.91 Å². The van der Waals surface area contributed by atoms with Crippen molar-refractivity contribution in [3.8, 4) is 11.4 Å². The molecular formula is C23H23FN4O. The van der Waals surface area contributed by atoms with Gasteiger partial charge >= 0.3 is 0 Å². The number of halogens is 1. The minimum absolute atomic E-state index is 0.0343. The first-order valence-corrected chi connectivity index (χ1v) is 9.95. The van der Waals surface area contributed by atoms with Crippen LogP contribution >= 0.6 is 0 Å². The molecule has 2 saturated heterocycles. The monoisotopic (exact) mass is 390 g/mol. The van der Waals surface area contributed by atoms with Gasteiger partial charge in [0.15, 0.2) is 0 Å². The second-order valence-electron chi connectivity index (χ2n) is 8.06. The highest BCUT2D eigenvalue weighted by Crippen LogP contribution is 2.44. The molecule has 0 unspecified atom stereocenters. The van der Waals surface area contributed by atoms with Crippen molar-refractivity contribution in [2.24, 2.45) is 11.8 Å². The van der Waals surface area contributed by atoms with Gasteiger partial charge in [-0.1, -0.05) is 30.3 Å². The summed E-state index contributed by atoms with van der Waals surface area (Å²) in [4.78, 5) is 25.0. The third-order valence-electron chi connectivity index (χ3n) is 6.28. The molecular weight excluding hydrogens is 367 g/mol. The SMILES string of the molecule is CN1C[C@H]2CN(C(=O)c3ccccc3-c3ncc[nH]3)C[C@H]2[C@@H]1c1cccc(F)c1. The van der Waals surface area contributed by atoms with Crippen LogP contribution in [0.25, 0.3) is 11.4 Å². The summed E-state index contributed by atoms with van der Waals surface area (Å²) in [7, 11) is 2.09. The fraction of sp³-hybridized carbons (Fsp3) is 0.304. The fourth-order valence-electron chi connectivity index (χ4n) is 5.07. The van der Waals surface area contributed by atoms with Crippen molar-refractivity contribution in [1.29, 1.82) is 0 Å². The molecule has 6 heteroatoms. The Kier molecular flexibility index (Phi) is 4.43. The van der Waals surface area contributed by atoms with Gasteiger partial charge in [0.2, 0.25) is 0 Å². The van der Waals surface area contributed by atoms with Crippen LogP contribution < -0.4 is 0 Å². The number of fused-ring (bicyclic) bond motifs is 1. The van der Waals surface area contributed by atoms with Crippen LogP contribution in [0.2, 0.25) is 0 Å². The van der Waals surface area contributed by atoms with E-state index in [-0.39, 0.29) is 17.8 Å². The van der Waals surface area contributed by atoms with E-state index in [1.165, 1.54) is 6.07 Å². The lowest BCUT2D eigenvalue weighted by atomic mass is 9.89. The maximum Gasteiger partial charge on any atom is 0.254 e. The highest BCUT2D eigenvalue weighted by atomic mass is 19.1. The van der Waals surface area contributed by atoms with Gasteiger partial charge in [0.1, 0.15) is 11.6 Å². The van der Waals surface area contributed by atoms with Crippen molar-refractivity contribution in [2.45, 2.75) is 6.04 Å². The molecule has 2 fully saturated rings. The van der Waals surface area contributed by atoms with E-state index in [0.29, 0.717) is 29.8 Å². The van der Waals surface area contributed by atoms with Crippen LogP contribution in [0, 0.1) is 17.7 Å². The van der Waals surface area contributed by atoms with E-state index in [4.69, 9.17) is 0 Å². The Labute approximate surface area is 169 Å². The molecule has 1 N–H and O–H groups in total. The number of benzene rings is 2. The number of hydrogen-bond donors (Lipinski definition) is 1. The minimum Gasteiger partial charge on any atom is -0.345 e. The zero-order chi connectivity index (χ0) is 20.0. The van der Waals surface area contributed by atoms with Crippen LogP contribution in [-0.4, -0.2) is 52.4 Å². The maximum atomic E-state index is 13.8. The highest BCUT2D eigenvalue weighted by Gasteiger charge is 2.47. The van der Waals surface area contributed by atoms with Crippen LogP contribution in [-0.2, 0) is 0 Å². The summed E-state index contributed by atoms with van der Waals surface area (Å²) in [5.41, 5.74) is 2.47. The Morgan fingerprint density at radius 2 is 2.00 bits per heavy atom. The number of hydrogen-bond acceptors (Lipinski definition) is 3. The Balaban J connectivity index is 1.41. The van der Waals surface area contributed by atoms with Crippen LogP contribution in [0.5, 0.6) is 0 Å². The number of nitrogens with one attached hydrogen (secondary N) is 1.